The van der Waals surface area contributed by atoms with Crippen LogP contribution in [0, 0.1) is 0 Å². The van der Waals surface area contributed by atoms with Gasteiger partial charge in [0, 0.05) is 31.5 Å². The molecule has 0 spiro atoms. The molecular formula is C22H29N3O3S. The van der Waals surface area contributed by atoms with Crippen LogP contribution in [0.1, 0.15) is 32.1 Å². The zero-order valence-corrected chi connectivity index (χ0v) is 17.9. The third kappa shape index (κ3) is 5.36. The van der Waals surface area contributed by atoms with Gasteiger partial charge in [-0.3, -0.25) is 4.79 Å². The summed E-state index contributed by atoms with van der Waals surface area (Å²) in [5.74, 6) is -0.161. The van der Waals surface area contributed by atoms with Crippen molar-refractivity contribution in [3.05, 3.63) is 54.6 Å². The van der Waals surface area contributed by atoms with Crippen molar-refractivity contribution in [3.63, 3.8) is 0 Å². The maximum absolute atomic E-state index is 12.9. The second-order valence-corrected chi connectivity index (χ2v) is 9.57. The fourth-order valence-electron chi connectivity index (χ4n) is 3.71. The smallest absolute Gasteiger partial charge is 0.243 e. The van der Waals surface area contributed by atoms with Crippen molar-refractivity contribution in [2.75, 3.05) is 30.9 Å². The van der Waals surface area contributed by atoms with Gasteiger partial charge in [0.25, 0.3) is 0 Å². The number of amides is 1. The SMILES string of the molecule is CN(CC(=O)Nc1ccc(S(=O)(=O)N(C)C2CCCCC2)cc1)c1ccccc1. The number of benzene rings is 2. The van der Waals surface area contributed by atoms with Gasteiger partial charge in [0.05, 0.1) is 11.4 Å². The Morgan fingerprint density at radius 2 is 1.59 bits per heavy atom. The summed E-state index contributed by atoms with van der Waals surface area (Å²) in [7, 11) is -0.00652. The molecule has 1 amide bonds. The van der Waals surface area contributed by atoms with Crippen LogP contribution in [0.15, 0.2) is 59.5 Å². The lowest BCUT2D eigenvalue weighted by molar-refractivity contribution is -0.114. The molecule has 29 heavy (non-hydrogen) atoms. The summed E-state index contributed by atoms with van der Waals surface area (Å²) in [5.41, 5.74) is 1.53. The second kappa shape index (κ2) is 9.41. The minimum absolute atomic E-state index is 0.0710. The van der Waals surface area contributed by atoms with Crippen molar-refractivity contribution in [1.29, 1.82) is 0 Å². The van der Waals surface area contributed by atoms with Crippen molar-refractivity contribution in [2.24, 2.45) is 0 Å². The van der Waals surface area contributed by atoms with E-state index in [0.29, 0.717) is 5.69 Å². The highest BCUT2D eigenvalue weighted by Crippen LogP contribution is 2.27. The third-order valence-electron chi connectivity index (χ3n) is 5.48. The van der Waals surface area contributed by atoms with Gasteiger partial charge in [-0.25, -0.2) is 8.42 Å². The van der Waals surface area contributed by atoms with Gasteiger partial charge in [-0.15, -0.1) is 0 Å². The Bertz CT molecular complexity index is 908. The van der Waals surface area contributed by atoms with Crippen LogP contribution in [-0.2, 0) is 14.8 Å². The Morgan fingerprint density at radius 1 is 0.966 bits per heavy atom. The van der Waals surface area contributed by atoms with Crippen LogP contribution >= 0.6 is 0 Å². The highest BCUT2D eigenvalue weighted by atomic mass is 32.2. The van der Waals surface area contributed by atoms with E-state index in [4.69, 9.17) is 0 Å². The van der Waals surface area contributed by atoms with E-state index < -0.39 is 10.0 Å². The number of rotatable bonds is 7. The van der Waals surface area contributed by atoms with Crippen LogP contribution in [0.3, 0.4) is 0 Å². The number of nitrogens with one attached hydrogen (secondary N) is 1. The van der Waals surface area contributed by atoms with E-state index in [1.165, 1.54) is 10.7 Å². The first-order chi connectivity index (χ1) is 13.9. The molecule has 2 aromatic carbocycles. The average molecular weight is 416 g/mol. The molecule has 1 fully saturated rings. The highest BCUT2D eigenvalue weighted by Gasteiger charge is 2.28. The lowest BCUT2D eigenvalue weighted by Crippen LogP contribution is -2.38. The molecule has 156 valence electrons. The Balaban J connectivity index is 1.61. The van der Waals surface area contributed by atoms with Gasteiger partial charge in [-0.2, -0.15) is 4.31 Å². The first kappa shape index (κ1) is 21.3. The molecule has 0 aromatic heterocycles. The van der Waals surface area contributed by atoms with Crippen LogP contribution in [0.25, 0.3) is 0 Å². The number of anilines is 2. The molecule has 7 heteroatoms. The van der Waals surface area contributed by atoms with E-state index in [1.807, 2.05) is 42.3 Å². The molecule has 0 radical (unpaired) electrons. The van der Waals surface area contributed by atoms with Gasteiger partial charge in [-0.1, -0.05) is 37.5 Å². The van der Waals surface area contributed by atoms with E-state index in [2.05, 4.69) is 5.32 Å². The molecular weight excluding hydrogens is 386 g/mol. The third-order valence-corrected chi connectivity index (χ3v) is 7.41. The summed E-state index contributed by atoms with van der Waals surface area (Å²) in [6.45, 7) is 0.203. The Morgan fingerprint density at radius 3 is 2.21 bits per heavy atom. The van der Waals surface area contributed by atoms with Crippen molar-refractivity contribution >= 4 is 27.3 Å². The Labute approximate surface area is 173 Å². The van der Waals surface area contributed by atoms with Crippen LogP contribution < -0.4 is 10.2 Å². The maximum atomic E-state index is 12.9. The van der Waals surface area contributed by atoms with E-state index in [-0.39, 0.29) is 23.4 Å². The van der Waals surface area contributed by atoms with Gasteiger partial charge in [0.1, 0.15) is 0 Å². The quantitative estimate of drug-likeness (QED) is 0.748. The standard InChI is InChI=1S/C22H29N3O3S/c1-24(19-9-5-3-6-10-19)17-22(26)23-18-13-15-21(16-14-18)29(27,28)25(2)20-11-7-4-8-12-20/h3,5-6,9-10,13-16,20H,4,7-8,11-12,17H2,1-2H3,(H,23,26). The normalized spacial score (nSPS) is 15.3. The van der Waals surface area contributed by atoms with Crippen molar-refractivity contribution in [3.8, 4) is 0 Å². The molecule has 0 unspecified atom stereocenters. The molecule has 2 aromatic rings. The molecule has 6 nitrogen and oxygen atoms in total. The van der Waals surface area contributed by atoms with E-state index >= 15 is 0 Å². The molecule has 0 saturated heterocycles. The number of carbonyl (C=O) groups is 1. The number of sulfonamides is 1. The van der Waals surface area contributed by atoms with Crippen molar-refractivity contribution in [2.45, 2.75) is 43.0 Å². The summed E-state index contributed by atoms with van der Waals surface area (Å²) < 4.78 is 27.3. The highest BCUT2D eigenvalue weighted by molar-refractivity contribution is 7.89. The fourth-order valence-corrected chi connectivity index (χ4v) is 5.12. The van der Waals surface area contributed by atoms with Crippen LogP contribution in [-0.4, -0.2) is 45.3 Å². The van der Waals surface area contributed by atoms with E-state index in [1.54, 1.807) is 31.3 Å². The summed E-state index contributed by atoms with van der Waals surface area (Å²) in [6.07, 6.45) is 5.16. The molecule has 0 atom stereocenters. The molecule has 1 aliphatic carbocycles. The van der Waals surface area contributed by atoms with Crippen LogP contribution in [0.4, 0.5) is 11.4 Å². The number of likely N-dealkylation sites (N-methyl/N-ethyl adjacent to an activating group) is 1. The summed E-state index contributed by atoms with van der Waals surface area (Å²) >= 11 is 0. The molecule has 3 rings (SSSR count). The Kier molecular flexibility index (Phi) is 6.92. The molecule has 0 heterocycles. The van der Waals surface area contributed by atoms with Crippen molar-refractivity contribution in [1.82, 2.24) is 4.31 Å². The van der Waals surface area contributed by atoms with Gasteiger partial charge in [0.15, 0.2) is 0 Å². The van der Waals surface area contributed by atoms with Crippen LogP contribution in [0.2, 0.25) is 0 Å². The van der Waals surface area contributed by atoms with E-state index in [9.17, 15) is 13.2 Å². The van der Waals surface area contributed by atoms with E-state index in [0.717, 1.165) is 31.4 Å². The fraction of sp³-hybridized carbons (Fsp3) is 0.409. The molecule has 1 saturated carbocycles. The second-order valence-electron chi connectivity index (χ2n) is 7.58. The van der Waals surface area contributed by atoms with Gasteiger partial charge in [0.2, 0.25) is 15.9 Å². The number of carbonyl (C=O) groups excluding carboxylic acids is 1. The monoisotopic (exact) mass is 415 g/mol. The summed E-state index contributed by atoms with van der Waals surface area (Å²) in [4.78, 5) is 14.4. The topological polar surface area (TPSA) is 69.7 Å². The maximum Gasteiger partial charge on any atom is 0.243 e. The zero-order chi connectivity index (χ0) is 20.9. The molecule has 1 N–H and O–H groups in total. The molecule has 1 aliphatic rings. The summed E-state index contributed by atoms with van der Waals surface area (Å²) in [6, 6.07) is 16.1. The van der Waals surface area contributed by atoms with Gasteiger partial charge in [-0.05, 0) is 49.2 Å². The minimum Gasteiger partial charge on any atom is -0.365 e. The summed E-state index contributed by atoms with van der Waals surface area (Å²) in [5, 5.41) is 2.82. The number of nitrogens with zero attached hydrogens (tertiary/aromatic N) is 2. The Hall–Kier alpha value is -2.38. The molecule has 0 bridgehead atoms. The van der Waals surface area contributed by atoms with Crippen LogP contribution in [0.5, 0.6) is 0 Å². The predicted octanol–water partition coefficient (Wildman–Crippen LogP) is 3.71. The molecule has 0 aliphatic heterocycles. The van der Waals surface area contributed by atoms with Crippen molar-refractivity contribution < 1.29 is 13.2 Å². The van der Waals surface area contributed by atoms with Gasteiger partial charge >= 0.3 is 0 Å². The predicted molar refractivity (Wildman–Crippen MR) is 117 cm³/mol. The number of para-hydroxylation sites is 1. The first-order valence-corrected chi connectivity index (χ1v) is 11.5. The minimum atomic E-state index is -3.53. The first-order valence-electron chi connectivity index (χ1n) is 10.0. The zero-order valence-electron chi connectivity index (χ0n) is 17.0. The largest absolute Gasteiger partial charge is 0.365 e. The van der Waals surface area contributed by atoms with Gasteiger partial charge < -0.3 is 10.2 Å². The lowest BCUT2D eigenvalue weighted by atomic mass is 9.96. The average Bonchev–Trinajstić information content (AvgIpc) is 2.74. The number of hydrogen-bond donors (Lipinski definition) is 1. The lowest BCUT2D eigenvalue weighted by Gasteiger charge is -2.30. The number of hydrogen-bond acceptors (Lipinski definition) is 4.